The Balaban J connectivity index is 1.30. The molecule has 1 unspecified atom stereocenters. The summed E-state index contributed by atoms with van der Waals surface area (Å²) in [6.07, 6.45) is 7.31. The summed E-state index contributed by atoms with van der Waals surface area (Å²) >= 11 is 0. The van der Waals surface area contributed by atoms with Crippen molar-refractivity contribution in [1.82, 2.24) is 30.0 Å². The average Bonchev–Trinajstić information content (AvgIpc) is 3.27. The second-order valence-corrected chi connectivity index (χ2v) is 8.17. The van der Waals surface area contributed by atoms with Crippen molar-refractivity contribution >= 4 is 0 Å². The molecule has 2 saturated heterocycles. The number of aromatic nitrogens is 5. The van der Waals surface area contributed by atoms with E-state index in [4.69, 9.17) is 4.74 Å². The van der Waals surface area contributed by atoms with E-state index in [2.05, 4.69) is 32.4 Å². The Labute approximate surface area is 173 Å². The van der Waals surface area contributed by atoms with Crippen LogP contribution in [0.2, 0.25) is 0 Å². The number of nitrogens with zero attached hydrogens (tertiary/aromatic N) is 5. The number of phenolic OH excluding ortho intramolecular Hbond substituents is 1. The molecule has 2 N–H and O–H groups in total. The van der Waals surface area contributed by atoms with E-state index in [0.717, 1.165) is 18.5 Å². The summed E-state index contributed by atoms with van der Waals surface area (Å²) in [5, 5.41) is 21.9. The molecular formula is C21H23FN6O2. The first kappa shape index (κ1) is 18.9. The molecule has 0 saturated carbocycles. The number of rotatable bonds is 4. The Bertz CT molecular complexity index is 1010. The molecule has 2 bridgehead atoms. The smallest absolute Gasteiger partial charge is 0.252 e. The fourth-order valence-electron chi connectivity index (χ4n) is 4.50. The Morgan fingerprint density at radius 3 is 2.87 bits per heavy atom. The normalized spacial score (nSPS) is 28.3. The molecule has 2 fully saturated rings. The van der Waals surface area contributed by atoms with Crippen molar-refractivity contribution in [2.24, 2.45) is 5.92 Å². The monoisotopic (exact) mass is 410 g/mol. The maximum absolute atomic E-state index is 14.8. The van der Waals surface area contributed by atoms with Crippen LogP contribution in [-0.4, -0.2) is 54.2 Å². The summed E-state index contributed by atoms with van der Waals surface area (Å²) < 4.78 is 22.4. The van der Waals surface area contributed by atoms with Crippen molar-refractivity contribution in [3.63, 3.8) is 0 Å². The van der Waals surface area contributed by atoms with Gasteiger partial charge in [0.15, 0.2) is 12.0 Å². The highest BCUT2D eigenvalue weighted by Gasteiger charge is 2.43. The van der Waals surface area contributed by atoms with E-state index in [0.29, 0.717) is 17.9 Å². The zero-order valence-corrected chi connectivity index (χ0v) is 16.5. The molecule has 2 aromatic heterocycles. The summed E-state index contributed by atoms with van der Waals surface area (Å²) in [4.78, 5) is 8.26. The Morgan fingerprint density at radius 1 is 1.23 bits per heavy atom. The number of halogens is 1. The Kier molecular flexibility index (Phi) is 4.82. The number of fused-ring (bicyclic) bond motifs is 2. The van der Waals surface area contributed by atoms with Gasteiger partial charge in [0.05, 0.1) is 23.8 Å². The minimum atomic E-state index is -1.09. The highest BCUT2D eigenvalue weighted by atomic mass is 19.1. The maximum atomic E-state index is 14.8. The van der Waals surface area contributed by atoms with Gasteiger partial charge in [-0.05, 0) is 30.9 Å². The summed E-state index contributed by atoms with van der Waals surface area (Å²) in [5.74, 6) is 1.01. The van der Waals surface area contributed by atoms with E-state index in [1.54, 1.807) is 35.4 Å². The van der Waals surface area contributed by atoms with Crippen LogP contribution in [-0.2, 0) is 0 Å². The Hall–Kier alpha value is -3.07. The van der Waals surface area contributed by atoms with Crippen LogP contribution < -0.4 is 10.1 Å². The molecular weight excluding hydrogens is 387 g/mol. The van der Waals surface area contributed by atoms with E-state index < -0.39 is 12.3 Å². The van der Waals surface area contributed by atoms with E-state index in [1.807, 2.05) is 6.07 Å². The summed E-state index contributed by atoms with van der Waals surface area (Å²) in [6, 6.07) is 5.24. The Morgan fingerprint density at radius 2 is 2.13 bits per heavy atom. The second kappa shape index (κ2) is 7.64. The van der Waals surface area contributed by atoms with Gasteiger partial charge in [0, 0.05) is 37.0 Å². The number of phenols is 1. The van der Waals surface area contributed by atoms with Gasteiger partial charge in [-0.2, -0.15) is 0 Å². The molecule has 3 aromatic rings. The number of hydrogen-bond acceptors (Lipinski definition) is 7. The van der Waals surface area contributed by atoms with E-state index in [1.165, 1.54) is 6.20 Å². The molecule has 8 nitrogen and oxygen atoms in total. The lowest BCUT2D eigenvalue weighted by molar-refractivity contribution is -0.00379. The minimum Gasteiger partial charge on any atom is -0.507 e. The van der Waals surface area contributed by atoms with Gasteiger partial charge in [0.2, 0.25) is 0 Å². The third kappa shape index (κ3) is 3.60. The van der Waals surface area contributed by atoms with Crippen LogP contribution in [0.4, 0.5) is 4.39 Å². The van der Waals surface area contributed by atoms with Crippen LogP contribution in [0.25, 0.3) is 17.1 Å². The van der Waals surface area contributed by atoms with Crippen molar-refractivity contribution in [1.29, 1.82) is 0 Å². The lowest BCUT2D eigenvalue weighted by Crippen LogP contribution is -2.60. The minimum absolute atomic E-state index is 0.0285. The predicted molar refractivity (Wildman–Crippen MR) is 107 cm³/mol. The van der Waals surface area contributed by atoms with Crippen molar-refractivity contribution in [3.05, 3.63) is 43.1 Å². The second-order valence-electron chi connectivity index (χ2n) is 8.17. The molecule has 156 valence electrons. The zero-order chi connectivity index (χ0) is 20.7. The fourth-order valence-corrected chi connectivity index (χ4v) is 4.50. The standard InChI is InChI=1S/C21H23FN6O2/c1-12-6-13-8-18(20(22)16(7-12)25-13)30-19-10-24-21(27-26-19)15-3-2-14(9-17(15)29)28-5-4-23-11-28/h2-5,9-13,16,18,20,25,29H,6-8H2,1H3/t12?,13-,16+,18-,20-/m0/s1. The van der Waals surface area contributed by atoms with Gasteiger partial charge in [0.1, 0.15) is 11.9 Å². The summed E-state index contributed by atoms with van der Waals surface area (Å²) in [5.41, 5.74) is 1.22. The largest absolute Gasteiger partial charge is 0.507 e. The topological polar surface area (TPSA) is 98.0 Å². The van der Waals surface area contributed by atoms with Crippen LogP contribution in [0, 0.1) is 5.92 Å². The van der Waals surface area contributed by atoms with Gasteiger partial charge in [-0.1, -0.05) is 6.92 Å². The summed E-state index contributed by atoms with van der Waals surface area (Å²) in [6.45, 7) is 2.17. The molecule has 0 amide bonds. The van der Waals surface area contributed by atoms with Crippen molar-refractivity contribution < 1.29 is 14.2 Å². The number of aromatic hydroxyl groups is 1. The van der Waals surface area contributed by atoms with Crippen LogP contribution in [0.1, 0.15) is 26.2 Å². The fraction of sp³-hybridized carbons (Fsp3) is 0.429. The van der Waals surface area contributed by atoms with E-state index in [9.17, 15) is 9.50 Å². The molecule has 5 rings (SSSR count). The first-order valence-electron chi connectivity index (χ1n) is 10.1. The van der Waals surface area contributed by atoms with Crippen LogP contribution in [0.15, 0.2) is 43.1 Å². The predicted octanol–water partition coefficient (Wildman–Crippen LogP) is 2.68. The van der Waals surface area contributed by atoms with E-state index >= 15 is 0 Å². The molecule has 30 heavy (non-hydrogen) atoms. The average molecular weight is 410 g/mol. The number of nitrogens with one attached hydrogen (secondary N) is 1. The molecule has 1 aromatic carbocycles. The van der Waals surface area contributed by atoms with Crippen LogP contribution in [0.5, 0.6) is 11.6 Å². The number of imidazole rings is 1. The first-order chi connectivity index (χ1) is 14.6. The van der Waals surface area contributed by atoms with Crippen molar-refractivity contribution in [2.45, 2.75) is 50.5 Å². The molecule has 4 heterocycles. The van der Waals surface area contributed by atoms with Gasteiger partial charge < -0.3 is 19.7 Å². The molecule has 0 radical (unpaired) electrons. The quantitative estimate of drug-likeness (QED) is 0.682. The van der Waals surface area contributed by atoms with Crippen molar-refractivity contribution in [2.75, 3.05) is 0 Å². The van der Waals surface area contributed by atoms with Gasteiger partial charge in [-0.25, -0.2) is 14.4 Å². The first-order valence-corrected chi connectivity index (χ1v) is 10.1. The molecule has 9 heteroatoms. The molecule has 2 aliphatic heterocycles. The molecule has 0 aliphatic carbocycles. The van der Waals surface area contributed by atoms with Crippen LogP contribution in [0.3, 0.4) is 0 Å². The highest BCUT2D eigenvalue weighted by Crippen LogP contribution is 2.33. The number of benzene rings is 1. The van der Waals surface area contributed by atoms with Gasteiger partial charge in [-0.15, -0.1) is 10.2 Å². The molecule has 5 atom stereocenters. The number of hydrogen-bond donors (Lipinski definition) is 2. The number of alkyl halides is 1. The SMILES string of the molecule is CC1C[C@H]2C[C@H](Oc3cnc(-c4ccc(-n5ccnc5)cc4O)nn3)[C@@H](F)[C@@H](C1)N2. The zero-order valence-electron chi connectivity index (χ0n) is 16.5. The summed E-state index contributed by atoms with van der Waals surface area (Å²) in [7, 11) is 0. The van der Waals surface area contributed by atoms with Gasteiger partial charge in [-0.3, -0.25) is 0 Å². The lowest BCUT2D eigenvalue weighted by Gasteiger charge is -2.44. The van der Waals surface area contributed by atoms with Gasteiger partial charge in [0.25, 0.3) is 5.88 Å². The maximum Gasteiger partial charge on any atom is 0.252 e. The highest BCUT2D eigenvalue weighted by molar-refractivity contribution is 5.65. The third-order valence-electron chi connectivity index (χ3n) is 5.89. The van der Waals surface area contributed by atoms with Crippen molar-refractivity contribution in [3.8, 4) is 28.7 Å². The third-order valence-corrected chi connectivity index (χ3v) is 5.89. The van der Waals surface area contributed by atoms with Crippen LogP contribution >= 0.6 is 0 Å². The lowest BCUT2D eigenvalue weighted by atomic mass is 9.79. The number of ether oxygens (including phenoxy) is 1. The van der Waals surface area contributed by atoms with E-state index in [-0.39, 0.29) is 29.5 Å². The molecule has 2 aliphatic rings. The molecule has 0 spiro atoms. The number of piperidine rings is 2. The van der Waals surface area contributed by atoms with Gasteiger partial charge >= 0.3 is 0 Å².